The fraction of sp³-hybridized carbons (Fsp3) is 0.500. The maximum Gasteiger partial charge on any atom is 0.338 e. The van der Waals surface area contributed by atoms with Gasteiger partial charge in [0, 0.05) is 18.8 Å². The number of hydrogen-bond donors (Lipinski definition) is 1. The molecule has 1 N–H and O–H groups in total. The summed E-state index contributed by atoms with van der Waals surface area (Å²) in [5.41, 5.74) is 1.88. The molecule has 3 heterocycles. The molecule has 0 spiro atoms. The zero-order valence-electron chi connectivity index (χ0n) is 18.8. The summed E-state index contributed by atoms with van der Waals surface area (Å²) in [5, 5.41) is 14.9. The predicted molar refractivity (Wildman–Crippen MR) is 117 cm³/mol. The molecule has 1 fully saturated rings. The lowest BCUT2D eigenvalue weighted by Gasteiger charge is -2.27. The number of carbonyl (C=O) groups excluding carboxylic acids is 2. The van der Waals surface area contributed by atoms with E-state index in [0.29, 0.717) is 55.9 Å². The van der Waals surface area contributed by atoms with E-state index in [9.17, 15) is 9.59 Å². The Morgan fingerprint density at radius 1 is 1.21 bits per heavy atom. The minimum atomic E-state index is -0.547. The Morgan fingerprint density at radius 2 is 1.97 bits per heavy atom. The first-order valence-electron chi connectivity index (χ1n) is 11.1. The van der Waals surface area contributed by atoms with Crippen molar-refractivity contribution >= 4 is 17.8 Å². The minimum absolute atomic E-state index is 0.0438. The van der Waals surface area contributed by atoms with Crippen molar-refractivity contribution in [3.05, 3.63) is 41.1 Å². The molecule has 2 aromatic rings. The first kappa shape index (κ1) is 22.7. The van der Waals surface area contributed by atoms with E-state index >= 15 is 0 Å². The topological polar surface area (TPSA) is 121 Å². The van der Waals surface area contributed by atoms with E-state index in [4.69, 9.17) is 14.2 Å². The Bertz CT molecular complexity index is 1010. The number of nitrogens with zero attached hydrogens (tertiary/aromatic N) is 5. The zero-order chi connectivity index (χ0) is 23.2. The maximum atomic E-state index is 12.9. The number of benzene rings is 1. The summed E-state index contributed by atoms with van der Waals surface area (Å²) in [6, 6.07) is 6.66. The molecule has 1 unspecified atom stereocenters. The summed E-state index contributed by atoms with van der Waals surface area (Å²) >= 11 is 0. The number of carbonyl (C=O) groups is 2. The molecule has 0 bridgehead atoms. The smallest absolute Gasteiger partial charge is 0.338 e. The highest BCUT2D eigenvalue weighted by atomic mass is 16.5. The third-order valence-electron chi connectivity index (χ3n) is 5.59. The summed E-state index contributed by atoms with van der Waals surface area (Å²) in [5.74, 6) is 0.517. The van der Waals surface area contributed by atoms with Crippen LogP contribution in [0.3, 0.4) is 0 Å². The lowest BCUT2D eigenvalue weighted by molar-refractivity contribution is -0.140. The third kappa shape index (κ3) is 5.14. The van der Waals surface area contributed by atoms with Gasteiger partial charge >= 0.3 is 5.97 Å². The van der Waals surface area contributed by atoms with Crippen molar-refractivity contribution in [2.24, 2.45) is 0 Å². The number of ether oxygens (including phenoxy) is 3. The molecule has 1 saturated heterocycles. The highest BCUT2D eigenvalue weighted by molar-refractivity contribution is 5.92. The van der Waals surface area contributed by atoms with Gasteiger partial charge in [-0.25, -0.2) is 4.79 Å². The Labute approximate surface area is 191 Å². The van der Waals surface area contributed by atoms with Crippen LogP contribution in [-0.4, -0.2) is 76.5 Å². The predicted octanol–water partition coefficient (Wildman–Crippen LogP) is 1.54. The molecule has 11 heteroatoms. The number of allylic oxidation sites excluding steroid dienone is 1. The lowest BCUT2D eigenvalue weighted by atomic mass is 9.96. The number of hydrogen-bond acceptors (Lipinski definition) is 9. The number of morpholine rings is 1. The molecule has 176 valence electrons. The van der Waals surface area contributed by atoms with Crippen molar-refractivity contribution in [2.75, 3.05) is 44.8 Å². The molecule has 2 aliphatic heterocycles. The standard InChI is InChI=1S/C22H28N6O5/c1-3-4-11-32-21(30)19-15(2)23-22-24-25-26-28(22)20(19)16-5-7-17(8-6-16)33-14-18(29)27-9-12-31-13-10-27/h5-8,20H,3-4,9-14H2,1-2H3,(H,23,24,26). The Balaban J connectivity index is 1.49. The zero-order valence-corrected chi connectivity index (χ0v) is 18.8. The first-order valence-corrected chi connectivity index (χ1v) is 11.1. The Hall–Kier alpha value is -3.47. The van der Waals surface area contributed by atoms with E-state index in [-0.39, 0.29) is 12.5 Å². The summed E-state index contributed by atoms with van der Waals surface area (Å²) in [7, 11) is 0. The summed E-state index contributed by atoms with van der Waals surface area (Å²) in [6.07, 6.45) is 1.72. The maximum absolute atomic E-state index is 12.9. The SMILES string of the molecule is CCCCOC(=O)C1=C(C)Nc2nnnn2C1c1ccc(OCC(=O)N2CCOCC2)cc1. The molecule has 0 radical (unpaired) electrons. The number of tetrazole rings is 1. The number of fused-ring (bicyclic) bond motifs is 1. The van der Waals surface area contributed by atoms with Gasteiger partial charge in [0.15, 0.2) is 6.61 Å². The Kier molecular flexibility index (Phi) is 7.18. The average Bonchev–Trinajstić information content (AvgIpc) is 3.30. The monoisotopic (exact) mass is 456 g/mol. The van der Waals surface area contributed by atoms with Crippen molar-refractivity contribution in [1.82, 2.24) is 25.1 Å². The third-order valence-corrected chi connectivity index (χ3v) is 5.59. The quantitative estimate of drug-likeness (QED) is 0.466. The number of nitrogens with one attached hydrogen (secondary N) is 1. The van der Waals surface area contributed by atoms with Crippen molar-refractivity contribution in [3.8, 4) is 5.75 Å². The second-order valence-corrected chi connectivity index (χ2v) is 7.85. The number of anilines is 1. The molecule has 4 rings (SSSR count). The van der Waals surface area contributed by atoms with Crippen molar-refractivity contribution in [1.29, 1.82) is 0 Å². The van der Waals surface area contributed by atoms with Crippen LogP contribution in [0.25, 0.3) is 0 Å². The lowest BCUT2D eigenvalue weighted by Crippen LogP contribution is -2.42. The summed E-state index contributed by atoms with van der Waals surface area (Å²) in [4.78, 5) is 27.0. The van der Waals surface area contributed by atoms with Gasteiger partial charge in [-0.1, -0.05) is 30.6 Å². The molecule has 1 amide bonds. The van der Waals surface area contributed by atoms with Gasteiger partial charge in [0.1, 0.15) is 11.8 Å². The number of aromatic nitrogens is 4. The summed E-state index contributed by atoms with van der Waals surface area (Å²) in [6.45, 7) is 6.40. The molecule has 1 aromatic heterocycles. The fourth-order valence-electron chi connectivity index (χ4n) is 3.77. The van der Waals surface area contributed by atoms with E-state index in [0.717, 1.165) is 18.4 Å². The van der Waals surface area contributed by atoms with Crippen molar-refractivity contribution in [2.45, 2.75) is 32.7 Å². The summed E-state index contributed by atoms with van der Waals surface area (Å²) < 4.78 is 18.0. The van der Waals surface area contributed by atoms with E-state index in [1.54, 1.807) is 28.6 Å². The molecule has 0 saturated carbocycles. The normalized spacial score (nSPS) is 17.9. The van der Waals surface area contributed by atoms with Crippen LogP contribution < -0.4 is 10.1 Å². The highest BCUT2D eigenvalue weighted by Crippen LogP contribution is 2.35. The van der Waals surface area contributed by atoms with Gasteiger partial charge in [0.25, 0.3) is 5.91 Å². The largest absolute Gasteiger partial charge is 0.484 e. The molecular weight excluding hydrogens is 428 g/mol. The van der Waals surface area contributed by atoms with Gasteiger partial charge in [-0.05, 0) is 41.5 Å². The van der Waals surface area contributed by atoms with Crippen molar-refractivity contribution < 1.29 is 23.8 Å². The second-order valence-electron chi connectivity index (χ2n) is 7.85. The van der Waals surface area contributed by atoms with Gasteiger partial charge in [-0.15, -0.1) is 0 Å². The molecular formula is C22H28N6O5. The van der Waals surface area contributed by atoms with Crippen LogP contribution in [0.2, 0.25) is 0 Å². The molecule has 33 heavy (non-hydrogen) atoms. The minimum Gasteiger partial charge on any atom is -0.484 e. The Morgan fingerprint density at radius 3 is 2.70 bits per heavy atom. The van der Waals surface area contributed by atoms with Crippen LogP contribution in [0.4, 0.5) is 5.95 Å². The average molecular weight is 457 g/mol. The highest BCUT2D eigenvalue weighted by Gasteiger charge is 2.35. The van der Waals surface area contributed by atoms with Gasteiger partial charge in [0.2, 0.25) is 5.95 Å². The molecule has 11 nitrogen and oxygen atoms in total. The van der Waals surface area contributed by atoms with E-state index in [1.165, 1.54) is 0 Å². The molecule has 2 aliphatic rings. The van der Waals surface area contributed by atoms with Gasteiger partial charge in [0.05, 0.1) is 25.4 Å². The molecule has 1 aromatic carbocycles. The fourth-order valence-corrected chi connectivity index (χ4v) is 3.77. The van der Waals surface area contributed by atoms with Gasteiger partial charge in [-0.3, -0.25) is 4.79 Å². The van der Waals surface area contributed by atoms with Crippen LogP contribution in [0.1, 0.15) is 38.3 Å². The van der Waals surface area contributed by atoms with Crippen LogP contribution >= 0.6 is 0 Å². The van der Waals surface area contributed by atoms with Crippen molar-refractivity contribution in [3.63, 3.8) is 0 Å². The number of rotatable bonds is 8. The second kappa shape index (κ2) is 10.4. The van der Waals surface area contributed by atoms with Gasteiger partial charge in [-0.2, -0.15) is 4.68 Å². The van der Waals surface area contributed by atoms with Crippen LogP contribution in [0, 0.1) is 0 Å². The van der Waals surface area contributed by atoms with Crippen LogP contribution in [0.5, 0.6) is 5.75 Å². The molecule has 1 atom stereocenters. The van der Waals surface area contributed by atoms with E-state index < -0.39 is 12.0 Å². The number of unbranched alkanes of at least 4 members (excludes halogenated alkanes) is 1. The number of amides is 1. The van der Waals surface area contributed by atoms with E-state index in [1.807, 2.05) is 19.1 Å². The van der Waals surface area contributed by atoms with E-state index in [2.05, 4.69) is 20.8 Å². The van der Waals surface area contributed by atoms with Crippen LogP contribution in [-0.2, 0) is 19.1 Å². The first-order chi connectivity index (χ1) is 16.1. The van der Waals surface area contributed by atoms with Crippen LogP contribution in [0.15, 0.2) is 35.5 Å². The van der Waals surface area contributed by atoms with Gasteiger partial charge < -0.3 is 24.4 Å². The number of esters is 1. The molecule has 0 aliphatic carbocycles.